The average molecular weight is 371 g/mol. The van der Waals surface area contributed by atoms with Gasteiger partial charge in [-0.1, -0.05) is 48.5 Å². The lowest BCUT2D eigenvalue weighted by Gasteiger charge is -2.12. The Balaban J connectivity index is 1.70. The summed E-state index contributed by atoms with van der Waals surface area (Å²) in [6, 6.07) is 22.2. The molecule has 0 atom stereocenters. The fourth-order valence-electron chi connectivity index (χ4n) is 2.99. The van der Waals surface area contributed by atoms with Crippen molar-refractivity contribution >= 4 is 34.2 Å². The first kappa shape index (κ1) is 17.1. The van der Waals surface area contributed by atoms with Crippen LogP contribution in [0.4, 0.5) is 11.5 Å². The molecule has 2 aromatic heterocycles. The number of aromatic nitrogens is 3. The third-order valence-electron chi connectivity index (χ3n) is 4.25. The third kappa shape index (κ3) is 3.50. The molecular formula is C21H17N5S. The maximum atomic E-state index is 9.70. The van der Waals surface area contributed by atoms with Crippen LogP contribution in [0, 0.1) is 11.3 Å². The van der Waals surface area contributed by atoms with Crippen molar-refractivity contribution in [2.45, 2.75) is 11.6 Å². The summed E-state index contributed by atoms with van der Waals surface area (Å²) in [5, 5.41) is 19.3. The van der Waals surface area contributed by atoms with Crippen LogP contribution in [0.5, 0.6) is 0 Å². The Kier molecular flexibility index (Phi) is 4.77. The van der Waals surface area contributed by atoms with Crippen molar-refractivity contribution in [3.05, 3.63) is 78.0 Å². The summed E-state index contributed by atoms with van der Waals surface area (Å²) in [6.07, 6.45) is 3.86. The van der Waals surface area contributed by atoms with E-state index in [4.69, 9.17) is 0 Å². The summed E-state index contributed by atoms with van der Waals surface area (Å²) < 4.78 is 1.88. The van der Waals surface area contributed by atoms with Crippen LogP contribution in [-0.2, 0) is 6.54 Å². The van der Waals surface area contributed by atoms with Crippen LogP contribution in [0.2, 0.25) is 0 Å². The molecular weight excluding hydrogens is 354 g/mol. The van der Waals surface area contributed by atoms with Crippen LogP contribution in [0.1, 0.15) is 11.1 Å². The Labute approximate surface area is 161 Å². The van der Waals surface area contributed by atoms with E-state index in [2.05, 4.69) is 33.6 Å². The minimum atomic E-state index is 0.541. The molecule has 1 N–H and O–H groups in total. The van der Waals surface area contributed by atoms with Crippen molar-refractivity contribution in [2.75, 3.05) is 11.6 Å². The molecule has 0 bridgehead atoms. The average Bonchev–Trinajstić information content (AvgIpc) is 3.15. The summed E-state index contributed by atoms with van der Waals surface area (Å²) >= 11 is 1.47. The van der Waals surface area contributed by atoms with Gasteiger partial charge in [0.05, 0.1) is 17.7 Å². The Morgan fingerprint density at radius 3 is 2.63 bits per heavy atom. The first-order valence-corrected chi connectivity index (χ1v) is 9.72. The number of rotatable bonds is 5. The van der Waals surface area contributed by atoms with Gasteiger partial charge in [0.2, 0.25) is 0 Å². The number of anilines is 2. The number of nitriles is 1. The third-order valence-corrected chi connectivity index (χ3v) is 4.93. The maximum absolute atomic E-state index is 9.70. The summed E-state index contributed by atoms with van der Waals surface area (Å²) in [5.74, 6) is 0.700. The molecule has 0 unspecified atom stereocenters. The van der Waals surface area contributed by atoms with Gasteiger partial charge in [-0.15, -0.1) is 11.8 Å². The molecule has 0 aliphatic rings. The van der Waals surface area contributed by atoms with Crippen LogP contribution in [0.25, 0.3) is 10.9 Å². The smallest absolute Gasteiger partial charge is 0.152 e. The van der Waals surface area contributed by atoms with E-state index >= 15 is 0 Å². The first-order valence-electron chi connectivity index (χ1n) is 8.49. The Hall–Kier alpha value is -3.30. The molecule has 0 amide bonds. The standard InChI is InChI=1S/C21H17N5S/c1-27-21-17(13-22)20(16-9-5-6-10-18(16)23-21)24-19-11-12-26(25-19)14-15-7-3-2-4-8-15/h2-12H,14H2,1H3,(H,23,24,25). The van der Waals surface area contributed by atoms with Crippen LogP contribution < -0.4 is 5.32 Å². The highest BCUT2D eigenvalue weighted by Gasteiger charge is 2.15. The lowest BCUT2D eigenvalue weighted by atomic mass is 10.1. The number of hydrogen-bond acceptors (Lipinski definition) is 5. The fraction of sp³-hybridized carbons (Fsp3) is 0.0952. The van der Waals surface area contributed by atoms with E-state index in [-0.39, 0.29) is 0 Å². The second-order valence-electron chi connectivity index (χ2n) is 6.01. The van der Waals surface area contributed by atoms with Gasteiger partial charge >= 0.3 is 0 Å². The van der Waals surface area contributed by atoms with Crippen molar-refractivity contribution in [3.8, 4) is 6.07 Å². The Bertz CT molecular complexity index is 1130. The zero-order valence-corrected chi connectivity index (χ0v) is 15.6. The molecule has 5 nitrogen and oxygen atoms in total. The van der Waals surface area contributed by atoms with Crippen LogP contribution >= 0.6 is 11.8 Å². The van der Waals surface area contributed by atoms with E-state index in [0.29, 0.717) is 23.0 Å². The van der Waals surface area contributed by atoms with Gasteiger partial charge in [0.1, 0.15) is 16.7 Å². The highest BCUT2D eigenvalue weighted by molar-refractivity contribution is 7.98. The van der Waals surface area contributed by atoms with Crippen LogP contribution in [0.3, 0.4) is 0 Å². The van der Waals surface area contributed by atoms with Gasteiger partial charge in [-0.2, -0.15) is 10.4 Å². The lowest BCUT2D eigenvalue weighted by molar-refractivity contribution is 0.690. The largest absolute Gasteiger partial charge is 0.337 e. The van der Waals surface area contributed by atoms with Crippen LogP contribution in [0.15, 0.2) is 71.9 Å². The normalized spacial score (nSPS) is 10.7. The van der Waals surface area contributed by atoms with Gasteiger partial charge in [0, 0.05) is 17.6 Å². The summed E-state index contributed by atoms with van der Waals surface area (Å²) in [6.45, 7) is 0.695. The first-order chi connectivity index (χ1) is 13.3. The van der Waals surface area contributed by atoms with Crippen LogP contribution in [-0.4, -0.2) is 21.0 Å². The second-order valence-corrected chi connectivity index (χ2v) is 6.80. The minimum absolute atomic E-state index is 0.541. The molecule has 0 fully saturated rings. The zero-order chi connectivity index (χ0) is 18.6. The van der Waals surface area contributed by atoms with Crippen molar-refractivity contribution < 1.29 is 0 Å². The number of nitrogens with one attached hydrogen (secondary N) is 1. The Morgan fingerprint density at radius 2 is 1.85 bits per heavy atom. The van der Waals surface area contributed by atoms with E-state index < -0.39 is 0 Å². The van der Waals surface area contributed by atoms with E-state index in [1.54, 1.807) is 0 Å². The minimum Gasteiger partial charge on any atom is -0.337 e. The predicted molar refractivity (Wildman–Crippen MR) is 109 cm³/mol. The zero-order valence-electron chi connectivity index (χ0n) is 14.8. The second kappa shape index (κ2) is 7.52. The lowest BCUT2D eigenvalue weighted by Crippen LogP contribution is -2.03. The van der Waals surface area contributed by atoms with Gasteiger partial charge < -0.3 is 5.32 Å². The van der Waals surface area contributed by atoms with Gasteiger partial charge in [-0.05, 0) is 17.9 Å². The molecule has 4 aromatic rings. The number of hydrogen-bond donors (Lipinski definition) is 1. The molecule has 27 heavy (non-hydrogen) atoms. The molecule has 0 aliphatic heterocycles. The maximum Gasteiger partial charge on any atom is 0.152 e. The summed E-state index contributed by atoms with van der Waals surface area (Å²) in [7, 11) is 0. The highest BCUT2D eigenvalue weighted by atomic mass is 32.2. The van der Waals surface area contributed by atoms with E-state index in [9.17, 15) is 5.26 Å². The van der Waals surface area contributed by atoms with Gasteiger partial charge in [-0.3, -0.25) is 4.68 Å². The number of nitrogens with zero attached hydrogens (tertiary/aromatic N) is 4. The molecule has 0 radical (unpaired) electrons. The summed E-state index contributed by atoms with van der Waals surface area (Å²) in [5.41, 5.74) is 3.33. The van der Waals surface area contributed by atoms with Gasteiger partial charge in [0.15, 0.2) is 5.82 Å². The topological polar surface area (TPSA) is 66.5 Å². The molecule has 2 heterocycles. The van der Waals surface area contributed by atoms with Gasteiger partial charge in [0.25, 0.3) is 0 Å². The number of benzene rings is 2. The van der Waals surface area contributed by atoms with Crippen molar-refractivity contribution in [1.29, 1.82) is 5.26 Å². The van der Waals surface area contributed by atoms with Gasteiger partial charge in [-0.25, -0.2) is 4.98 Å². The molecule has 132 valence electrons. The SMILES string of the molecule is CSc1nc2ccccc2c(Nc2ccn(Cc3ccccc3)n2)c1C#N. The molecule has 0 saturated carbocycles. The molecule has 4 rings (SSSR count). The molecule has 0 spiro atoms. The molecule has 6 heteroatoms. The van der Waals surface area contributed by atoms with Crippen molar-refractivity contribution in [1.82, 2.24) is 14.8 Å². The monoisotopic (exact) mass is 371 g/mol. The van der Waals surface area contributed by atoms with E-state index in [1.165, 1.54) is 17.3 Å². The highest BCUT2D eigenvalue weighted by Crippen LogP contribution is 2.33. The number of para-hydroxylation sites is 1. The van der Waals surface area contributed by atoms with E-state index in [0.717, 1.165) is 16.6 Å². The number of thioether (sulfide) groups is 1. The van der Waals surface area contributed by atoms with E-state index in [1.807, 2.05) is 65.7 Å². The predicted octanol–water partition coefficient (Wildman–Crippen LogP) is 4.82. The number of pyridine rings is 1. The molecule has 0 aliphatic carbocycles. The summed E-state index contributed by atoms with van der Waals surface area (Å²) in [4.78, 5) is 4.60. The molecule has 0 saturated heterocycles. The van der Waals surface area contributed by atoms with Crippen molar-refractivity contribution in [3.63, 3.8) is 0 Å². The molecule has 2 aromatic carbocycles. The fourth-order valence-corrected chi connectivity index (χ4v) is 3.53. The quantitative estimate of drug-likeness (QED) is 0.510. The van der Waals surface area contributed by atoms with Crippen molar-refractivity contribution in [2.24, 2.45) is 0 Å². The number of fused-ring (bicyclic) bond motifs is 1. The Morgan fingerprint density at radius 1 is 1.07 bits per heavy atom.